The number of thiazole rings is 1. The lowest BCUT2D eigenvalue weighted by atomic mass is 10.2. The number of benzene rings is 1. The second-order valence-electron chi connectivity index (χ2n) is 2.82. The first-order valence-corrected chi connectivity index (χ1v) is 5.15. The molecule has 1 aromatic heterocycles. The summed E-state index contributed by atoms with van der Waals surface area (Å²) in [6.07, 6.45) is 1.51. The molecule has 1 N–H and O–H groups in total. The van der Waals surface area contributed by atoms with Gasteiger partial charge in [-0.3, -0.25) is 0 Å². The highest BCUT2D eigenvalue weighted by molar-refractivity contribution is 7.11. The van der Waals surface area contributed by atoms with E-state index in [-0.39, 0.29) is 10.9 Å². The molecule has 0 bridgehead atoms. The molecule has 0 spiro atoms. The van der Waals surface area contributed by atoms with Gasteiger partial charge in [0.2, 0.25) is 0 Å². The highest BCUT2D eigenvalue weighted by Gasteiger charge is 2.17. The van der Waals surface area contributed by atoms with Gasteiger partial charge in [0.1, 0.15) is 17.1 Å². The lowest BCUT2D eigenvalue weighted by Crippen LogP contribution is -2.03. The number of halogens is 1. The fourth-order valence-corrected chi connectivity index (χ4v) is 1.65. The van der Waals surface area contributed by atoms with Crippen molar-refractivity contribution in [2.45, 2.75) is 0 Å². The highest BCUT2D eigenvalue weighted by Crippen LogP contribution is 2.28. The van der Waals surface area contributed by atoms with Gasteiger partial charge in [-0.05, 0) is 12.1 Å². The Morgan fingerprint density at radius 1 is 1.50 bits per heavy atom. The summed E-state index contributed by atoms with van der Waals surface area (Å²) >= 11 is 1.20. The lowest BCUT2D eigenvalue weighted by molar-refractivity contribution is 0.0689. The van der Waals surface area contributed by atoms with Gasteiger partial charge in [0.25, 0.3) is 5.19 Å². The Bertz CT molecular complexity index is 513. The quantitative estimate of drug-likeness (QED) is 0.894. The number of aromatic carboxylic acids is 1. The normalized spacial score (nSPS) is 10.1. The van der Waals surface area contributed by atoms with Crippen molar-refractivity contribution < 1.29 is 19.0 Å². The molecule has 0 atom stereocenters. The van der Waals surface area contributed by atoms with E-state index in [0.29, 0.717) is 0 Å². The number of hydrogen-bond acceptors (Lipinski definition) is 4. The molecule has 0 aliphatic heterocycles. The Morgan fingerprint density at radius 3 is 2.94 bits per heavy atom. The Labute approximate surface area is 93.9 Å². The zero-order valence-corrected chi connectivity index (χ0v) is 8.70. The van der Waals surface area contributed by atoms with Crippen LogP contribution in [0.15, 0.2) is 29.8 Å². The second-order valence-corrected chi connectivity index (χ2v) is 3.68. The van der Waals surface area contributed by atoms with Crippen LogP contribution in [0.1, 0.15) is 10.4 Å². The van der Waals surface area contributed by atoms with Crippen molar-refractivity contribution in [1.29, 1.82) is 0 Å². The van der Waals surface area contributed by atoms with Gasteiger partial charge in [0, 0.05) is 11.6 Å². The predicted octanol–water partition coefficient (Wildman–Crippen LogP) is 2.77. The van der Waals surface area contributed by atoms with Gasteiger partial charge >= 0.3 is 5.97 Å². The standard InChI is InChI=1S/C10H6FNO3S/c11-6-2-1-3-7(8(6)9(13)14)15-10-12-4-5-16-10/h1-5H,(H,13,14). The van der Waals surface area contributed by atoms with Crippen molar-refractivity contribution in [3.05, 3.63) is 41.2 Å². The average Bonchev–Trinajstić information content (AvgIpc) is 2.70. The second kappa shape index (κ2) is 4.28. The summed E-state index contributed by atoms with van der Waals surface area (Å²) < 4.78 is 18.4. The Kier molecular flexibility index (Phi) is 2.82. The van der Waals surface area contributed by atoms with Crippen LogP contribution in [0.25, 0.3) is 0 Å². The minimum absolute atomic E-state index is 0.0533. The van der Waals surface area contributed by atoms with Crippen molar-refractivity contribution in [2.24, 2.45) is 0 Å². The molecule has 1 aromatic carbocycles. The number of nitrogens with zero attached hydrogens (tertiary/aromatic N) is 1. The Hall–Kier alpha value is -1.95. The van der Waals surface area contributed by atoms with E-state index in [1.807, 2.05) is 0 Å². The lowest BCUT2D eigenvalue weighted by Gasteiger charge is -2.05. The van der Waals surface area contributed by atoms with Gasteiger partial charge < -0.3 is 9.84 Å². The molecule has 1 heterocycles. The molecule has 0 aliphatic rings. The molecule has 0 saturated carbocycles. The monoisotopic (exact) mass is 239 g/mol. The first-order chi connectivity index (χ1) is 7.68. The van der Waals surface area contributed by atoms with Crippen LogP contribution in [0.4, 0.5) is 4.39 Å². The molecule has 0 radical (unpaired) electrons. The minimum Gasteiger partial charge on any atom is -0.477 e. The molecule has 4 nitrogen and oxygen atoms in total. The predicted molar refractivity (Wildman–Crippen MR) is 55.5 cm³/mol. The van der Waals surface area contributed by atoms with Gasteiger partial charge in [-0.25, -0.2) is 14.2 Å². The first-order valence-electron chi connectivity index (χ1n) is 4.27. The first kappa shape index (κ1) is 10.6. The molecule has 6 heteroatoms. The van der Waals surface area contributed by atoms with Crippen molar-refractivity contribution in [2.75, 3.05) is 0 Å². The molecule has 0 saturated heterocycles. The van der Waals surface area contributed by atoms with Crippen molar-refractivity contribution in [1.82, 2.24) is 4.98 Å². The van der Waals surface area contributed by atoms with Gasteiger partial charge in [0.05, 0.1) is 0 Å². The summed E-state index contributed by atoms with van der Waals surface area (Å²) in [6.45, 7) is 0. The maximum Gasteiger partial charge on any atom is 0.342 e. The van der Waals surface area contributed by atoms with Crippen LogP contribution < -0.4 is 4.74 Å². The number of carboxylic acid groups (broad SMARTS) is 1. The Morgan fingerprint density at radius 2 is 2.31 bits per heavy atom. The van der Waals surface area contributed by atoms with E-state index >= 15 is 0 Å². The fourth-order valence-electron chi connectivity index (χ4n) is 1.15. The van der Waals surface area contributed by atoms with E-state index in [2.05, 4.69) is 4.98 Å². The molecule has 0 fully saturated rings. The number of carbonyl (C=O) groups is 1. The maximum absolute atomic E-state index is 13.3. The van der Waals surface area contributed by atoms with Crippen LogP contribution in [0, 0.1) is 5.82 Å². The molecule has 2 aromatic rings. The minimum atomic E-state index is -1.37. The highest BCUT2D eigenvalue weighted by atomic mass is 32.1. The zero-order valence-electron chi connectivity index (χ0n) is 7.88. The van der Waals surface area contributed by atoms with Gasteiger partial charge in [0.15, 0.2) is 0 Å². The third-order valence-corrected chi connectivity index (χ3v) is 2.44. The molecule has 0 aliphatic carbocycles. The number of ether oxygens (including phenoxy) is 1. The fraction of sp³-hybridized carbons (Fsp3) is 0. The van der Waals surface area contributed by atoms with E-state index in [1.54, 1.807) is 5.38 Å². The third kappa shape index (κ3) is 2.01. The third-order valence-electron chi connectivity index (χ3n) is 1.80. The van der Waals surface area contributed by atoms with Crippen LogP contribution in [-0.2, 0) is 0 Å². The Balaban J connectivity index is 2.40. The zero-order chi connectivity index (χ0) is 11.5. The van der Waals surface area contributed by atoms with E-state index in [0.717, 1.165) is 6.07 Å². The molecule has 82 valence electrons. The summed E-state index contributed by atoms with van der Waals surface area (Å²) in [5, 5.41) is 10.8. The summed E-state index contributed by atoms with van der Waals surface area (Å²) in [4.78, 5) is 14.7. The van der Waals surface area contributed by atoms with Crippen LogP contribution in [0.3, 0.4) is 0 Å². The van der Waals surface area contributed by atoms with Crippen molar-refractivity contribution in [3.8, 4) is 10.9 Å². The number of rotatable bonds is 3. The molecule has 0 amide bonds. The van der Waals surface area contributed by atoms with E-state index in [4.69, 9.17) is 9.84 Å². The summed E-state index contributed by atoms with van der Waals surface area (Å²) in [7, 11) is 0. The largest absolute Gasteiger partial charge is 0.477 e. The molecule has 0 unspecified atom stereocenters. The van der Waals surface area contributed by atoms with E-state index < -0.39 is 17.3 Å². The van der Waals surface area contributed by atoms with Gasteiger partial charge in [-0.15, -0.1) is 0 Å². The molecular weight excluding hydrogens is 233 g/mol. The molecule has 2 rings (SSSR count). The van der Waals surface area contributed by atoms with Crippen molar-refractivity contribution in [3.63, 3.8) is 0 Å². The average molecular weight is 239 g/mol. The summed E-state index contributed by atoms with van der Waals surface area (Å²) in [5.74, 6) is -2.26. The van der Waals surface area contributed by atoms with Crippen molar-refractivity contribution >= 4 is 17.3 Å². The topological polar surface area (TPSA) is 59.4 Å². The number of hydrogen-bond donors (Lipinski definition) is 1. The van der Waals surface area contributed by atoms with Crippen LogP contribution in [-0.4, -0.2) is 16.1 Å². The van der Waals surface area contributed by atoms with E-state index in [1.165, 1.54) is 29.7 Å². The maximum atomic E-state index is 13.3. The summed E-state index contributed by atoms with van der Waals surface area (Å²) in [6, 6.07) is 3.83. The van der Waals surface area contributed by atoms with Gasteiger partial charge in [-0.1, -0.05) is 17.4 Å². The molecule has 16 heavy (non-hydrogen) atoms. The number of carboxylic acids is 1. The van der Waals surface area contributed by atoms with Gasteiger partial charge in [-0.2, -0.15) is 0 Å². The molecular formula is C10H6FNO3S. The van der Waals surface area contributed by atoms with Crippen LogP contribution in [0.2, 0.25) is 0 Å². The number of aromatic nitrogens is 1. The smallest absolute Gasteiger partial charge is 0.342 e. The van der Waals surface area contributed by atoms with E-state index in [9.17, 15) is 9.18 Å². The SMILES string of the molecule is O=C(O)c1c(F)cccc1Oc1nccs1. The van der Waals surface area contributed by atoms with Crippen LogP contribution >= 0.6 is 11.3 Å². The summed E-state index contributed by atoms with van der Waals surface area (Å²) in [5.41, 5.74) is -0.488. The van der Waals surface area contributed by atoms with Crippen LogP contribution in [0.5, 0.6) is 10.9 Å².